The minimum absolute atomic E-state index is 0.0757. The Hall–Kier alpha value is -0.740. The number of ketones is 1. The normalized spacial score (nSPS) is 11.6. The Labute approximate surface area is 100 Å². The van der Waals surface area contributed by atoms with Crippen LogP contribution < -0.4 is 0 Å². The molecule has 0 bridgehead atoms. The fraction of sp³-hybridized carbons (Fsp3) is 0.300. The Balaban J connectivity index is 3.19. The van der Waals surface area contributed by atoms with Crippen LogP contribution in [0.4, 0.5) is 13.2 Å². The van der Waals surface area contributed by atoms with Crippen molar-refractivity contribution in [2.75, 3.05) is 5.88 Å². The lowest BCUT2D eigenvalue weighted by atomic mass is 10.0. The van der Waals surface area contributed by atoms with Crippen molar-refractivity contribution in [1.82, 2.24) is 0 Å². The van der Waals surface area contributed by atoms with E-state index in [1.165, 1.54) is 12.1 Å². The lowest BCUT2D eigenvalue weighted by molar-refractivity contribution is -0.138. The third-order valence-corrected chi connectivity index (χ3v) is 2.60. The number of rotatable bonds is 3. The van der Waals surface area contributed by atoms with Gasteiger partial charge in [-0.3, -0.25) is 4.79 Å². The van der Waals surface area contributed by atoms with Crippen LogP contribution in [0.1, 0.15) is 11.1 Å². The highest BCUT2D eigenvalue weighted by molar-refractivity contribution is 6.32. The molecule has 0 aliphatic rings. The van der Waals surface area contributed by atoms with Crippen molar-refractivity contribution < 1.29 is 18.0 Å². The van der Waals surface area contributed by atoms with Crippen molar-refractivity contribution in [1.29, 1.82) is 0 Å². The first-order chi connectivity index (χ1) is 7.36. The van der Waals surface area contributed by atoms with Crippen LogP contribution in [0.2, 0.25) is 5.02 Å². The SMILES string of the molecule is O=C(CCl)Cc1c(Cl)cccc1C(F)(F)F. The molecule has 0 unspecified atom stereocenters. The van der Waals surface area contributed by atoms with E-state index in [4.69, 9.17) is 23.2 Å². The molecule has 16 heavy (non-hydrogen) atoms. The van der Waals surface area contributed by atoms with E-state index in [9.17, 15) is 18.0 Å². The topological polar surface area (TPSA) is 17.1 Å². The highest BCUT2D eigenvalue weighted by Crippen LogP contribution is 2.35. The maximum atomic E-state index is 12.6. The lowest BCUT2D eigenvalue weighted by Gasteiger charge is -2.13. The monoisotopic (exact) mass is 270 g/mol. The van der Waals surface area contributed by atoms with Crippen molar-refractivity contribution in [3.8, 4) is 0 Å². The zero-order valence-electron chi connectivity index (χ0n) is 7.94. The quantitative estimate of drug-likeness (QED) is 0.766. The smallest absolute Gasteiger partial charge is 0.298 e. The second-order valence-electron chi connectivity index (χ2n) is 3.11. The van der Waals surface area contributed by atoms with Gasteiger partial charge >= 0.3 is 6.18 Å². The first-order valence-electron chi connectivity index (χ1n) is 4.28. The van der Waals surface area contributed by atoms with Gasteiger partial charge in [0.2, 0.25) is 0 Å². The van der Waals surface area contributed by atoms with Crippen LogP contribution in [0.15, 0.2) is 18.2 Å². The predicted octanol–water partition coefficient (Wildman–Crippen LogP) is 3.71. The number of hydrogen-bond acceptors (Lipinski definition) is 1. The second kappa shape index (κ2) is 5.06. The van der Waals surface area contributed by atoms with Gasteiger partial charge in [0.05, 0.1) is 11.4 Å². The van der Waals surface area contributed by atoms with Crippen LogP contribution in [0.5, 0.6) is 0 Å². The van der Waals surface area contributed by atoms with Crippen LogP contribution in [0, 0.1) is 0 Å². The van der Waals surface area contributed by atoms with E-state index in [0.717, 1.165) is 6.07 Å². The van der Waals surface area contributed by atoms with Gasteiger partial charge in [0.1, 0.15) is 0 Å². The van der Waals surface area contributed by atoms with Gasteiger partial charge in [-0.05, 0) is 17.7 Å². The fourth-order valence-electron chi connectivity index (χ4n) is 1.25. The van der Waals surface area contributed by atoms with Gasteiger partial charge in [-0.2, -0.15) is 13.2 Å². The maximum absolute atomic E-state index is 12.6. The molecule has 0 radical (unpaired) electrons. The largest absolute Gasteiger partial charge is 0.416 e. The van der Waals surface area contributed by atoms with Gasteiger partial charge in [-0.1, -0.05) is 17.7 Å². The van der Waals surface area contributed by atoms with Crippen molar-refractivity contribution in [3.63, 3.8) is 0 Å². The fourth-order valence-corrected chi connectivity index (χ4v) is 1.58. The summed E-state index contributed by atoms with van der Waals surface area (Å²) in [6.45, 7) is 0. The summed E-state index contributed by atoms with van der Waals surface area (Å²) in [7, 11) is 0. The molecular formula is C10H7Cl2F3O. The van der Waals surface area contributed by atoms with Gasteiger partial charge in [0.15, 0.2) is 5.78 Å². The highest BCUT2D eigenvalue weighted by atomic mass is 35.5. The van der Waals surface area contributed by atoms with Gasteiger partial charge in [-0.25, -0.2) is 0 Å². The molecular weight excluding hydrogens is 264 g/mol. The summed E-state index contributed by atoms with van der Waals surface area (Å²) in [5.41, 5.74) is -1.11. The summed E-state index contributed by atoms with van der Waals surface area (Å²) in [5.74, 6) is -0.831. The summed E-state index contributed by atoms with van der Waals surface area (Å²) in [6.07, 6.45) is -4.93. The van der Waals surface area contributed by atoms with Gasteiger partial charge in [0, 0.05) is 11.4 Å². The molecule has 0 aliphatic carbocycles. The third-order valence-electron chi connectivity index (χ3n) is 1.95. The van der Waals surface area contributed by atoms with E-state index >= 15 is 0 Å². The molecule has 1 aromatic carbocycles. The van der Waals surface area contributed by atoms with E-state index in [2.05, 4.69) is 0 Å². The third kappa shape index (κ3) is 3.12. The van der Waals surface area contributed by atoms with Crippen LogP contribution >= 0.6 is 23.2 Å². The van der Waals surface area contributed by atoms with E-state index in [1.807, 2.05) is 0 Å². The maximum Gasteiger partial charge on any atom is 0.416 e. The van der Waals surface area contributed by atoms with Gasteiger partial charge < -0.3 is 0 Å². The molecule has 0 N–H and O–H groups in total. The number of alkyl halides is 4. The summed E-state index contributed by atoms with van der Waals surface area (Å²) in [6, 6.07) is 3.40. The Kier molecular flexibility index (Phi) is 4.21. The molecule has 0 aromatic heterocycles. The zero-order chi connectivity index (χ0) is 12.3. The molecule has 0 saturated heterocycles. The van der Waals surface area contributed by atoms with Crippen molar-refractivity contribution in [3.05, 3.63) is 34.3 Å². The average Bonchev–Trinajstić information content (AvgIpc) is 2.19. The molecule has 0 fully saturated rings. The van der Waals surface area contributed by atoms with Crippen molar-refractivity contribution in [2.45, 2.75) is 12.6 Å². The Morgan fingerprint density at radius 3 is 2.44 bits per heavy atom. The second-order valence-corrected chi connectivity index (χ2v) is 3.79. The molecule has 0 aliphatic heterocycles. The molecule has 1 nitrogen and oxygen atoms in total. The number of carbonyl (C=O) groups excluding carboxylic acids is 1. The van der Waals surface area contributed by atoms with Crippen LogP contribution in [-0.4, -0.2) is 11.7 Å². The zero-order valence-corrected chi connectivity index (χ0v) is 9.46. The summed E-state index contributed by atoms with van der Waals surface area (Å²) < 4.78 is 37.7. The summed E-state index contributed by atoms with van der Waals surface area (Å²) >= 11 is 10.9. The molecule has 0 atom stereocenters. The van der Waals surface area contributed by atoms with Gasteiger partial charge in [0.25, 0.3) is 0 Å². The van der Waals surface area contributed by atoms with Gasteiger partial charge in [-0.15, -0.1) is 11.6 Å². The average molecular weight is 271 g/mol. The number of Topliss-reactive ketones (excluding diaryl/α,β-unsaturated/α-hetero) is 1. The standard InChI is InChI=1S/C10H7Cl2F3O/c11-5-6(16)4-7-8(10(13,14)15)2-1-3-9(7)12/h1-3H,4-5H2. The molecule has 6 heteroatoms. The number of halogens is 5. The van der Waals surface area contributed by atoms with Crippen molar-refractivity contribution in [2.24, 2.45) is 0 Å². The summed E-state index contributed by atoms with van der Waals surface area (Å²) in [5, 5.41) is -0.0757. The van der Waals surface area contributed by atoms with E-state index < -0.39 is 23.9 Å². The number of benzene rings is 1. The van der Waals surface area contributed by atoms with E-state index in [-0.39, 0.29) is 16.5 Å². The van der Waals surface area contributed by atoms with E-state index in [0.29, 0.717) is 0 Å². The van der Waals surface area contributed by atoms with Crippen LogP contribution in [0.25, 0.3) is 0 Å². The van der Waals surface area contributed by atoms with Crippen molar-refractivity contribution >= 4 is 29.0 Å². The molecule has 0 heterocycles. The van der Waals surface area contributed by atoms with Crippen LogP contribution in [0.3, 0.4) is 0 Å². The molecule has 1 aromatic rings. The molecule has 0 saturated carbocycles. The minimum Gasteiger partial charge on any atom is -0.298 e. The molecule has 0 spiro atoms. The molecule has 88 valence electrons. The number of hydrogen-bond donors (Lipinski definition) is 0. The van der Waals surface area contributed by atoms with E-state index in [1.54, 1.807) is 0 Å². The van der Waals surface area contributed by atoms with Crippen LogP contribution in [-0.2, 0) is 17.4 Å². The first kappa shape index (κ1) is 13.3. The lowest BCUT2D eigenvalue weighted by Crippen LogP contribution is -2.13. The predicted molar refractivity (Wildman–Crippen MR) is 55.9 cm³/mol. The first-order valence-corrected chi connectivity index (χ1v) is 5.19. The molecule has 0 amide bonds. The number of carbonyl (C=O) groups is 1. The summed E-state index contributed by atoms with van der Waals surface area (Å²) in [4.78, 5) is 11.1. The Morgan fingerprint density at radius 2 is 1.94 bits per heavy atom. The minimum atomic E-state index is -4.52. The molecule has 1 rings (SSSR count). The highest BCUT2D eigenvalue weighted by Gasteiger charge is 2.34. The Bertz CT molecular complexity index is 402. The Morgan fingerprint density at radius 1 is 1.31 bits per heavy atom.